The van der Waals surface area contributed by atoms with Gasteiger partial charge in [0.15, 0.2) is 0 Å². The molecule has 0 N–H and O–H groups in total. The van der Waals surface area contributed by atoms with E-state index in [0.717, 1.165) is 26.2 Å². The van der Waals surface area contributed by atoms with Crippen molar-refractivity contribution in [3.8, 4) is 10.4 Å². The van der Waals surface area contributed by atoms with Gasteiger partial charge in [0, 0.05) is 36.3 Å². The Balaban J connectivity index is 1.87. The molecule has 2 nitrogen and oxygen atoms in total. The monoisotopic (exact) mass is 308 g/mol. The predicted octanol–water partition coefficient (Wildman–Crippen LogP) is 4.32. The van der Waals surface area contributed by atoms with E-state index in [0.29, 0.717) is 0 Å². The molecule has 112 valence electrons. The Bertz CT molecular complexity index is 770. The van der Waals surface area contributed by atoms with Crippen molar-refractivity contribution in [2.24, 2.45) is 0 Å². The van der Waals surface area contributed by atoms with Gasteiger partial charge in [-0.25, -0.2) is 0 Å². The van der Waals surface area contributed by atoms with E-state index in [-0.39, 0.29) is 0 Å². The lowest BCUT2D eigenvalue weighted by atomic mass is 10.1. The molecule has 1 aliphatic heterocycles. The highest BCUT2D eigenvalue weighted by atomic mass is 32.1. The SMILES string of the molecule is CN1CCN(c2c(-c3ccccc3)sc3ccccc23)CC1. The third-order valence-corrected chi connectivity index (χ3v) is 5.63. The van der Waals surface area contributed by atoms with Crippen LogP contribution in [0.4, 0.5) is 5.69 Å². The summed E-state index contributed by atoms with van der Waals surface area (Å²) in [6, 6.07) is 19.6. The maximum atomic E-state index is 2.57. The second-order valence-electron chi connectivity index (χ2n) is 5.93. The zero-order valence-corrected chi connectivity index (χ0v) is 13.6. The third-order valence-electron chi connectivity index (χ3n) is 4.42. The molecule has 0 atom stereocenters. The van der Waals surface area contributed by atoms with E-state index < -0.39 is 0 Å². The molecule has 4 rings (SSSR count). The number of piperazine rings is 1. The van der Waals surface area contributed by atoms with Gasteiger partial charge in [-0.1, -0.05) is 48.5 Å². The maximum Gasteiger partial charge on any atom is 0.0636 e. The number of nitrogens with zero attached hydrogens (tertiary/aromatic N) is 2. The van der Waals surface area contributed by atoms with E-state index in [9.17, 15) is 0 Å². The standard InChI is InChI=1S/C19H20N2S/c1-20-11-13-21(14-12-20)18-16-9-5-6-10-17(16)22-19(18)15-7-3-2-4-8-15/h2-10H,11-14H2,1H3. The van der Waals surface area contributed by atoms with Crippen LogP contribution in [-0.2, 0) is 0 Å². The Hall–Kier alpha value is -1.84. The summed E-state index contributed by atoms with van der Waals surface area (Å²) in [5.74, 6) is 0. The quantitative estimate of drug-likeness (QED) is 0.695. The highest BCUT2D eigenvalue weighted by Crippen LogP contribution is 2.44. The molecule has 22 heavy (non-hydrogen) atoms. The van der Waals surface area contributed by atoms with E-state index >= 15 is 0 Å². The molecular weight excluding hydrogens is 288 g/mol. The molecule has 2 aromatic carbocycles. The average molecular weight is 308 g/mol. The summed E-state index contributed by atoms with van der Waals surface area (Å²) in [5, 5.41) is 1.40. The van der Waals surface area contributed by atoms with Crippen LogP contribution in [0.5, 0.6) is 0 Å². The van der Waals surface area contributed by atoms with Crippen molar-refractivity contribution in [3.63, 3.8) is 0 Å². The van der Waals surface area contributed by atoms with Crippen molar-refractivity contribution < 1.29 is 0 Å². The number of rotatable bonds is 2. The maximum absolute atomic E-state index is 2.57. The van der Waals surface area contributed by atoms with Gasteiger partial charge in [-0.2, -0.15) is 0 Å². The Morgan fingerprint density at radius 1 is 0.818 bits per heavy atom. The fourth-order valence-corrected chi connectivity index (χ4v) is 4.39. The van der Waals surface area contributed by atoms with E-state index in [2.05, 4.69) is 71.4 Å². The fraction of sp³-hybridized carbons (Fsp3) is 0.263. The molecule has 2 heterocycles. The van der Waals surface area contributed by atoms with Gasteiger partial charge in [-0.15, -0.1) is 11.3 Å². The lowest BCUT2D eigenvalue weighted by Crippen LogP contribution is -2.44. The van der Waals surface area contributed by atoms with Gasteiger partial charge in [-0.3, -0.25) is 0 Å². The summed E-state index contributed by atoms with van der Waals surface area (Å²) < 4.78 is 1.38. The van der Waals surface area contributed by atoms with Crippen LogP contribution >= 0.6 is 11.3 Å². The average Bonchev–Trinajstić information content (AvgIpc) is 2.96. The van der Waals surface area contributed by atoms with Crippen molar-refractivity contribution in [2.45, 2.75) is 0 Å². The zero-order valence-electron chi connectivity index (χ0n) is 12.8. The lowest BCUT2D eigenvalue weighted by molar-refractivity contribution is 0.313. The van der Waals surface area contributed by atoms with Gasteiger partial charge in [0.2, 0.25) is 0 Å². The second kappa shape index (κ2) is 5.75. The predicted molar refractivity (Wildman–Crippen MR) is 97.0 cm³/mol. The largest absolute Gasteiger partial charge is 0.367 e. The molecule has 1 saturated heterocycles. The molecule has 0 aliphatic carbocycles. The number of benzene rings is 2. The molecule has 0 saturated carbocycles. The van der Waals surface area contributed by atoms with Crippen LogP contribution in [0, 0.1) is 0 Å². The first-order valence-electron chi connectivity index (χ1n) is 7.83. The molecule has 0 amide bonds. The number of fused-ring (bicyclic) bond motifs is 1. The van der Waals surface area contributed by atoms with Crippen LogP contribution in [-0.4, -0.2) is 38.1 Å². The molecule has 3 heteroatoms. The first-order valence-corrected chi connectivity index (χ1v) is 8.65. The first kappa shape index (κ1) is 13.8. The van der Waals surface area contributed by atoms with E-state index in [4.69, 9.17) is 0 Å². The highest BCUT2D eigenvalue weighted by molar-refractivity contribution is 7.23. The summed E-state index contributed by atoms with van der Waals surface area (Å²) in [5.41, 5.74) is 2.76. The Morgan fingerprint density at radius 3 is 2.27 bits per heavy atom. The summed E-state index contributed by atoms with van der Waals surface area (Å²) >= 11 is 1.92. The highest BCUT2D eigenvalue weighted by Gasteiger charge is 2.22. The first-order chi connectivity index (χ1) is 10.8. The number of anilines is 1. The molecular formula is C19H20N2S. The minimum Gasteiger partial charge on any atom is -0.367 e. The van der Waals surface area contributed by atoms with Crippen molar-refractivity contribution in [1.82, 2.24) is 4.90 Å². The van der Waals surface area contributed by atoms with E-state index in [1.54, 1.807) is 0 Å². The summed E-state index contributed by atoms with van der Waals surface area (Å²) in [6.07, 6.45) is 0. The van der Waals surface area contributed by atoms with Crippen LogP contribution in [0.2, 0.25) is 0 Å². The van der Waals surface area contributed by atoms with Crippen molar-refractivity contribution in [2.75, 3.05) is 38.1 Å². The number of hydrogen-bond acceptors (Lipinski definition) is 3. The number of hydrogen-bond donors (Lipinski definition) is 0. The Morgan fingerprint density at radius 2 is 1.50 bits per heavy atom. The Kier molecular flexibility index (Phi) is 3.60. The molecule has 3 aromatic rings. The normalized spacial score (nSPS) is 16.3. The van der Waals surface area contributed by atoms with Crippen molar-refractivity contribution in [1.29, 1.82) is 0 Å². The minimum absolute atomic E-state index is 1.11. The summed E-state index contributed by atoms with van der Waals surface area (Å²) in [7, 11) is 2.21. The molecule has 0 radical (unpaired) electrons. The fourth-order valence-electron chi connectivity index (χ4n) is 3.16. The van der Waals surface area contributed by atoms with Gasteiger partial charge < -0.3 is 9.80 Å². The molecule has 0 bridgehead atoms. The second-order valence-corrected chi connectivity index (χ2v) is 6.98. The van der Waals surface area contributed by atoms with Gasteiger partial charge >= 0.3 is 0 Å². The summed E-state index contributed by atoms with van der Waals surface area (Å²) in [4.78, 5) is 6.39. The molecule has 0 unspecified atom stereocenters. The van der Waals surface area contributed by atoms with Gasteiger partial charge in [0.05, 0.1) is 10.6 Å². The van der Waals surface area contributed by atoms with Crippen LogP contribution in [0.3, 0.4) is 0 Å². The van der Waals surface area contributed by atoms with Crippen LogP contribution in [0.15, 0.2) is 54.6 Å². The van der Waals surface area contributed by atoms with Crippen LogP contribution in [0.1, 0.15) is 0 Å². The van der Waals surface area contributed by atoms with E-state index in [1.165, 1.54) is 26.2 Å². The Labute approximate surface area is 135 Å². The van der Waals surface area contributed by atoms with Crippen molar-refractivity contribution in [3.05, 3.63) is 54.6 Å². The summed E-state index contributed by atoms with van der Waals surface area (Å²) in [6.45, 7) is 4.49. The topological polar surface area (TPSA) is 6.48 Å². The van der Waals surface area contributed by atoms with Gasteiger partial charge in [0.25, 0.3) is 0 Å². The minimum atomic E-state index is 1.11. The third kappa shape index (κ3) is 2.40. The number of thiophene rings is 1. The lowest BCUT2D eigenvalue weighted by Gasteiger charge is -2.34. The van der Waals surface area contributed by atoms with Gasteiger partial charge in [0.1, 0.15) is 0 Å². The zero-order chi connectivity index (χ0) is 14.9. The van der Waals surface area contributed by atoms with Crippen LogP contribution < -0.4 is 4.90 Å². The number of likely N-dealkylation sites (N-methyl/N-ethyl adjacent to an activating group) is 1. The molecule has 1 fully saturated rings. The molecule has 1 aliphatic rings. The van der Waals surface area contributed by atoms with Gasteiger partial charge in [-0.05, 0) is 18.7 Å². The molecule has 0 spiro atoms. The van der Waals surface area contributed by atoms with E-state index in [1.807, 2.05) is 11.3 Å². The molecule has 1 aromatic heterocycles. The van der Waals surface area contributed by atoms with Crippen molar-refractivity contribution >= 4 is 27.1 Å². The van der Waals surface area contributed by atoms with Crippen LogP contribution in [0.25, 0.3) is 20.5 Å². The smallest absolute Gasteiger partial charge is 0.0636 e.